The quantitative estimate of drug-likeness (QED) is 0.0588. The van der Waals surface area contributed by atoms with Crippen LogP contribution in [-0.2, 0) is 33.9 Å². The first-order chi connectivity index (χ1) is 29.6. The minimum Gasteiger partial charge on any atom is -0.394 e. The molecule has 2 atom stereocenters. The maximum atomic E-state index is 13.2. The maximum absolute atomic E-state index is 13.2. The summed E-state index contributed by atoms with van der Waals surface area (Å²) in [5, 5.41) is 26.6. The second kappa shape index (κ2) is 20.5. The Hall–Kier alpha value is -5.38. The molecule has 0 radical (unpaired) electrons. The number of hydrogen-bond acceptors (Lipinski definition) is 11. The lowest BCUT2D eigenvalue weighted by molar-refractivity contribution is -0.137. The normalized spacial score (nSPS) is 17.8. The molecular weight excluding hydrogens is 773 g/mol. The van der Waals surface area contributed by atoms with Crippen LogP contribution in [0.4, 0.5) is 17.3 Å². The molecule has 2 aromatic carbocycles. The molecule has 5 heterocycles. The number of aliphatic hydroxyl groups excluding tert-OH is 1. The summed E-state index contributed by atoms with van der Waals surface area (Å²) in [6.07, 6.45) is 8.73. The van der Waals surface area contributed by atoms with Crippen molar-refractivity contribution < 1.29 is 24.3 Å². The SMILES string of the molecule is CC[C@H](CO)Nc1cc(NCc2ccc(NC(=O)CCCN3CCN(CCCCCc4cccc5c4CN(C4CCC(=O)NC4=O)C5=O)CC3)cc2)n2ncc(C(C)C)c2n1. The second-order valence-electron chi connectivity index (χ2n) is 17.0. The lowest BCUT2D eigenvalue weighted by Gasteiger charge is -2.34. The fourth-order valence-electron chi connectivity index (χ4n) is 8.61. The molecule has 0 bridgehead atoms. The van der Waals surface area contributed by atoms with Gasteiger partial charge in [0, 0.05) is 75.0 Å². The van der Waals surface area contributed by atoms with Gasteiger partial charge in [-0.2, -0.15) is 9.61 Å². The van der Waals surface area contributed by atoms with Crippen molar-refractivity contribution in [2.45, 2.75) is 110 Å². The molecule has 4 aromatic rings. The lowest BCUT2D eigenvalue weighted by Crippen LogP contribution is -2.52. The third kappa shape index (κ3) is 10.9. The number of rotatable bonds is 20. The number of imide groups is 1. The lowest BCUT2D eigenvalue weighted by atomic mass is 9.98. The fraction of sp³-hybridized carbons (Fsp3) is 0.522. The number of hydrogen-bond donors (Lipinski definition) is 5. The van der Waals surface area contributed by atoms with Crippen molar-refractivity contribution in [3.05, 3.63) is 82.5 Å². The zero-order valence-electron chi connectivity index (χ0n) is 35.9. The highest BCUT2D eigenvalue weighted by Gasteiger charge is 2.39. The molecule has 4 amide bonds. The molecule has 3 aliphatic rings. The van der Waals surface area contributed by atoms with E-state index in [1.807, 2.05) is 60.1 Å². The maximum Gasteiger partial charge on any atom is 0.255 e. The van der Waals surface area contributed by atoms with Gasteiger partial charge in [-0.15, -0.1) is 0 Å². The second-order valence-corrected chi connectivity index (χ2v) is 17.0. The topological polar surface area (TPSA) is 177 Å². The van der Waals surface area contributed by atoms with Crippen LogP contribution in [0.1, 0.15) is 111 Å². The molecule has 0 aliphatic carbocycles. The summed E-state index contributed by atoms with van der Waals surface area (Å²) in [4.78, 5) is 61.5. The third-order valence-electron chi connectivity index (χ3n) is 12.3. The van der Waals surface area contributed by atoms with Gasteiger partial charge in [-0.05, 0) is 92.4 Å². The number of aliphatic hydroxyl groups is 1. The van der Waals surface area contributed by atoms with E-state index >= 15 is 0 Å². The van der Waals surface area contributed by atoms with Crippen LogP contribution in [0.25, 0.3) is 5.65 Å². The average molecular weight is 835 g/mol. The third-order valence-corrected chi connectivity index (χ3v) is 12.3. The van der Waals surface area contributed by atoms with Crippen LogP contribution in [0.3, 0.4) is 0 Å². The van der Waals surface area contributed by atoms with Crippen molar-refractivity contribution in [1.82, 2.24) is 34.6 Å². The van der Waals surface area contributed by atoms with Gasteiger partial charge < -0.3 is 35.8 Å². The number of carbonyl (C=O) groups excluding carboxylic acids is 4. The number of amides is 4. The summed E-state index contributed by atoms with van der Waals surface area (Å²) < 4.78 is 1.82. The predicted molar refractivity (Wildman–Crippen MR) is 236 cm³/mol. The molecule has 326 valence electrons. The number of benzene rings is 2. The summed E-state index contributed by atoms with van der Waals surface area (Å²) in [7, 11) is 0. The Balaban J connectivity index is 0.773. The van der Waals surface area contributed by atoms with E-state index in [0.29, 0.717) is 37.3 Å². The highest BCUT2D eigenvalue weighted by molar-refractivity contribution is 6.05. The largest absolute Gasteiger partial charge is 0.394 e. The number of aromatic nitrogens is 3. The number of piperazine rings is 1. The molecule has 2 fully saturated rings. The van der Waals surface area contributed by atoms with Crippen molar-refractivity contribution in [3.8, 4) is 0 Å². The van der Waals surface area contributed by atoms with E-state index in [9.17, 15) is 24.3 Å². The molecule has 0 saturated carbocycles. The van der Waals surface area contributed by atoms with E-state index in [2.05, 4.69) is 56.1 Å². The van der Waals surface area contributed by atoms with Gasteiger partial charge in [0.2, 0.25) is 17.7 Å². The van der Waals surface area contributed by atoms with Gasteiger partial charge in [0.15, 0.2) is 5.65 Å². The molecule has 15 heteroatoms. The summed E-state index contributed by atoms with van der Waals surface area (Å²) in [5.74, 6) is 1.01. The Morgan fingerprint density at radius 3 is 2.43 bits per heavy atom. The van der Waals surface area contributed by atoms with Crippen LogP contribution in [0.2, 0.25) is 0 Å². The van der Waals surface area contributed by atoms with Gasteiger partial charge in [0.1, 0.15) is 17.7 Å². The van der Waals surface area contributed by atoms with Crippen molar-refractivity contribution in [3.63, 3.8) is 0 Å². The molecule has 5 N–H and O–H groups in total. The fourth-order valence-corrected chi connectivity index (χ4v) is 8.61. The summed E-state index contributed by atoms with van der Waals surface area (Å²) in [6.45, 7) is 13.3. The zero-order valence-corrected chi connectivity index (χ0v) is 35.9. The van der Waals surface area contributed by atoms with Crippen molar-refractivity contribution in [1.29, 1.82) is 0 Å². The smallest absolute Gasteiger partial charge is 0.255 e. The number of anilines is 3. The van der Waals surface area contributed by atoms with Gasteiger partial charge in [0.25, 0.3) is 5.91 Å². The minimum atomic E-state index is -0.588. The van der Waals surface area contributed by atoms with E-state index in [-0.39, 0.29) is 48.6 Å². The van der Waals surface area contributed by atoms with Crippen molar-refractivity contribution >= 4 is 46.6 Å². The van der Waals surface area contributed by atoms with Gasteiger partial charge in [-0.1, -0.05) is 51.5 Å². The van der Waals surface area contributed by atoms with Crippen LogP contribution >= 0.6 is 0 Å². The highest BCUT2D eigenvalue weighted by atomic mass is 16.3. The van der Waals surface area contributed by atoms with Gasteiger partial charge in [0.05, 0.1) is 18.8 Å². The Morgan fingerprint density at radius 2 is 1.72 bits per heavy atom. The molecule has 2 aromatic heterocycles. The van der Waals surface area contributed by atoms with Gasteiger partial charge in [-0.25, -0.2) is 4.98 Å². The van der Waals surface area contributed by atoms with E-state index in [4.69, 9.17) is 4.98 Å². The van der Waals surface area contributed by atoms with Crippen LogP contribution < -0.4 is 21.3 Å². The van der Waals surface area contributed by atoms with E-state index in [1.165, 1.54) is 5.56 Å². The molecule has 3 aliphatic heterocycles. The number of carbonyl (C=O) groups is 4. The Kier molecular flexibility index (Phi) is 14.7. The van der Waals surface area contributed by atoms with Crippen molar-refractivity contribution in [2.24, 2.45) is 0 Å². The average Bonchev–Trinajstić information content (AvgIpc) is 3.84. The highest BCUT2D eigenvalue weighted by Crippen LogP contribution is 2.31. The molecule has 15 nitrogen and oxygen atoms in total. The number of fused-ring (bicyclic) bond motifs is 2. The summed E-state index contributed by atoms with van der Waals surface area (Å²) in [5.41, 5.74) is 6.57. The Morgan fingerprint density at radius 1 is 0.967 bits per heavy atom. The minimum absolute atomic E-state index is 0.0234. The van der Waals surface area contributed by atoms with Crippen LogP contribution in [-0.4, -0.2) is 116 Å². The van der Waals surface area contributed by atoms with Gasteiger partial charge >= 0.3 is 0 Å². The number of aryl methyl sites for hydroxylation is 1. The zero-order chi connectivity index (χ0) is 42.9. The summed E-state index contributed by atoms with van der Waals surface area (Å²) >= 11 is 0. The van der Waals surface area contributed by atoms with Crippen molar-refractivity contribution in [2.75, 3.05) is 61.8 Å². The van der Waals surface area contributed by atoms with E-state index in [0.717, 1.165) is 112 Å². The molecule has 7 rings (SSSR count). The number of nitrogens with zero attached hydrogens (tertiary/aromatic N) is 6. The molecule has 2 saturated heterocycles. The number of piperidine rings is 1. The Bertz CT molecular complexity index is 2160. The van der Waals surface area contributed by atoms with E-state index < -0.39 is 6.04 Å². The monoisotopic (exact) mass is 834 g/mol. The van der Waals surface area contributed by atoms with Crippen LogP contribution in [0, 0.1) is 0 Å². The van der Waals surface area contributed by atoms with Gasteiger partial charge in [-0.3, -0.25) is 24.5 Å². The van der Waals surface area contributed by atoms with Crippen LogP contribution in [0.15, 0.2) is 54.7 Å². The Labute approximate surface area is 358 Å². The molecular formula is C46H62N10O5. The van der Waals surface area contributed by atoms with Crippen LogP contribution in [0.5, 0.6) is 0 Å². The first-order valence-electron chi connectivity index (χ1n) is 22.2. The number of nitrogens with one attached hydrogen (secondary N) is 4. The number of unbranched alkanes of at least 4 members (excludes halogenated alkanes) is 2. The first kappa shape index (κ1) is 43.7. The predicted octanol–water partition coefficient (Wildman–Crippen LogP) is 5.16. The van der Waals surface area contributed by atoms with E-state index in [1.54, 1.807) is 4.90 Å². The molecule has 1 unspecified atom stereocenters. The summed E-state index contributed by atoms with van der Waals surface area (Å²) in [6, 6.07) is 15.0. The standard InChI is InChI=1S/C46H62N10O5/c1-4-34(30-57)49-40-26-41(56-44(51-40)37(28-48-56)31(2)3)47-27-32-14-16-35(17-15-32)50-42(58)13-9-21-54-24-22-53(23-25-54)20-7-5-6-10-33-11-8-12-36-38(33)29-55(46(36)61)39-18-19-43(59)52-45(39)60/h8,11-12,14-17,26,28,31,34,39,47,57H,4-7,9-10,13,18-25,27,29-30H2,1-3H3,(H,49,51)(H,50,58)(H,52,59,60)/t34-,39?/m1/s1. The molecule has 0 spiro atoms. The first-order valence-corrected chi connectivity index (χ1v) is 22.2. The molecule has 61 heavy (non-hydrogen) atoms.